The molecule has 2 N–H and O–H groups in total. The van der Waals surface area contributed by atoms with Crippen molar-refractivity contribution in [3.63, 3.8) is 0 Å². The highest BCUT2D eigenvalue weighted by atomic mass is 15.3. The summed E-state index contributed by atoms with van der Waals surface area (Å²) >= 11 is 0. The van der Waals surface area contributed by atoms with E-state index in [2.05, 4.69) is 49.0 Å². The minimum Gasteiger partial charge on any atom is -0.354 e. The van der Waals surface area contributed by atoms with E-state index in [9.17, 15) is 0 Å². The summed E-state index contributed by atoms with van der Waals surface area (Å²) in [4.78, 5) is 21.2. The average Bonchev–Trinajstić information content (AvgIpc) is 2.93. The molecule has 2 aromatic rings. The minimum absolute atomic E-state index is 0.667. The lowest BCUT2D eigenvalue weighted by Gasteiger charge is -2.33. The number of imidazole rings is 1. The molecule has 7 heteroatoms. The van der Waals surface area contributed by atoms with Crippen LogP contribution in [0.3, 0.4) is 0 Å². The van der Waals surface area contributed by atoms with E-state index < -0.39 is 0 Å². The van der Waals surface area contributed by atoms with Gasteiger partial charge in [-0.2, -0.15) is 9.97 Å². The second kappa shape index (κ2) is 5.62. The maximum absolute atomic E-state index is 4.67. The van der Waals surface area contributed by atoms with E-state index in [-0.39, 0.29) is 0 Å². The van der Waals surface area contributed by atoms with Crippen LogP contribution in [0, 0.1) is 0 Å². The third kappa shape index (κ3) is 2.53. The van der Waals surface area contributed by atoms with Crippen molar-refractivity contribution in [3.8, 4) is 0 Å². The van der Waals surface area contributed by atoms with Crippen molar-refractivity contribution in [2.75, 3.05) is 50.0 Å². The molecule has 0 amide bonds. The van der Waals surface area contributed by atoms with Crippen molar-refractivity contribution < 1.29 is 0 Å². The minimum atomic E-state index is 0.667. The summed E-state index contributed by atoms with van der Waals surface area (Å²) in [6.07, 6.45) is 2.73. The quantitative estimate of drug-likeness (QED) is 0.864. The van der Waals surface area contributed by atoms with E-state index in [0.717, 1.165) is 56.1 Å². The van der Waals surface area contributed by atoms with Crippen molar-refractivity contribution in [1.29, 1.82) is 0 Å². The van der Waals surface area contributed by atoms with Crippen LogP contribution in [0.25, 0.3) is 11.2 Å². The van der Waals surface area contributed by atoms with Crippen molar-refractivity contribution >= 4 is 22.9 Å². The molecule has 3 heterocycles. The SMILES string of the molecule is CCCNc1nc(N2CCN(C)CC2)c2[nH]cnc2n1. The van der Waals surface area contributed by atoms with Crippen LogP contribution in [-0.2, 0) is 0 Å². The molecule has 1 aliphatic heterocycles. The molecule has 7 nitrogen and oxygen atoms in total. The molecule has 0 aromatic carbocycles. The Labute approximate surface area is 118 Å². The number of piperazine rings is 1. The Morgan fingerprint density at radius 3 is 2.80 bits per heavy atom. The van der Waals surface area contributed by atoms with Crippen LogP contribution in [0.2, 0.25) is 0 Å². The molecule has 0 bridgehead atoms. The molecular weight excluding hydrogens is 254 g/mol. The van der Waals surface area contributed by atoms with Gasteiger partial charge in [0.15, 0.2) is 11.5 Å². The van der Waals surface area contributed by atoms with Crippen LogP contribution in [0.15, 0.2) is 6.33 Å². The topological polar surface area (TPSA) is 73.0 Å². The van der Waals surface area contributed by atoms with E-state index in [1.807, 2.05) is 0 Å². The molecule has 0 aliphatic carbocycles. The van der Waals surface area contributed by atoms with Crippen LogP contribution < -0.4 is 10.2 Å². The molecule has 0 spiro atoms. The van der Waals surface area contributed by atoms with E-state index in [4.69, 9.17) is 0 Å². The third-order valence-corrected chi connectivity index (χ3v) is 3.60. The Bertz CT molecular complexity index is 571. The number of hydrogen-bond donors (Lipinski definition) is 2. The number of nitrogens with zero attached hydrogens (tertiary/aromatic N) is 5. The van der Waals surface area contributed by atoms with Crippen molar-refractivity contribution in [2.24, 2.45) is 0 Å². The van der Waals surface area contributed by atoms with Gasteiger partial charge in [0, 0.05) is 32.7 Å². The van der Waals surface area contributed by atoms with Gasteiger partial charge in [-0.05, 0) is 13.5 Å². The Balaban J connectivity index is 1.93. The lowest BCUT2D eigenvalue weighted by atomic mass is 10.3. The zero-order chi connectivity index (χ0) is 13.9. The van der Waals surface area contributed by atoms with Crippen LogP contribution in [0.4, 0.5) is 11.8 Å². The number of aromatic amines is 1. The standard InChI is InChI=1S/C13H21N7/c1-3-4-14-13-17-11-10(15-9-16-11)12(18-13)20-7-5-19(2)6-8-20/h9H,3-8H2,1-2H3,(H2,14,15,16,17,18). The number of hydrogen-bond acceptors (Lipinski definition) is 6. The molecule has 1 fully saturated rings. The molecule has 1 saturated heterocycles. The Kier molecular flexibility index (Phi) is 3.68. The molecule has 1 aliphatic rings. The summed E-state index contributed by atoms with van der Waals surface area (Å²) in [7, 11) is 2.15. The third-order valence-electron chi connectivity index (χ3n) is 3.60. The number of aromatic nitrogens is 4. The first-order valence-electron chi connectivity index (χ1n) is 7.16. The highest BCUT2D eigenvalue weighted by molar-refractivity contribution is 5.84. The van der Waals surface area contributed by atoms with E-state index in [1.54, 1.807) is 6.33 Å². The van der Waals surface area contributed by atoms with Gasteiger partial charge in [0.05, 0.1) is 6.33 Å². The average molecular weight is 275 g/mol. The van der Waals surface area contributed by atoms with Gasteiger partial charge in [-0.15, -0.1) is 0 Å². The monoisotopic (exact) mass is 275 g/mol. The normalized spacial score (nSPS) is 16.8. The van der Waals surface area contributed by atoms with Gasteiger partial charge in [0.1, 0.15) is 5.52 Å². The van der Waals surface area contributed by atoms with Crippen molar-refractivity contribution in [2.45, 2.75) is 13.3 Å². The Morgan fingerprint density at radius 1 is 1.25 bits per heavy atom. The van der Waals surface area contributed by atoms with E-state index >= 15 is 0 Å². The summed E-state index contributed by atoms with van der Waals surface area (Å²) in [6.45, 7) is 7.07. The largest absolute Gasteiger partial charge is 0.354 e. The molecular formula is C13H21N7. The summed E-state index contributed by atoms with van der Waals surface area (Å²) in [5.41, 5.74) is 1.66. The van der Waals surface area contributed by atoms with Crippen molar-refractivity contribution in [3.05, 3.63) is 6.33 Å². The maximum atomic E-state index is 4.67. The fourth-order valence-electron chi connectivity index (χ4n) is 2.38. The number of rotatable bonds is 4. The molecule has 0 radical (unpaired) electrons. The lowest BCUT2D eigenvalue weighted by Crippen LogP contribution is -2.45. The van der Waals surface area contributed by atoms with Crippen LogP contribution >= 0.6 is 0 Å². The second-order valence-corrected chi connectivity index (χ2v) is 5.19. The second-order valence-electron chi connectivity index (χ2n) is 5.19. The predicted molar refractivity (Wildman–Crippen MR) is 80.2 cm³/mol. The van der Waals surface area contributed by atoms with Crippen LogP contribution in [0.1, 0.15) is 13.3 Å². The van der Waals surface area contributed by atoms with E-state index in [0.29, 0.717) is 5.95 Å². The summed E-state index contributed by atoms with van der Waals surface area (Å²) < 4.78 is 0. The molecule has 2 aromatic heterocycles. The first kappa shape index (κ1) is 13.1. The van der Waals surface area contributed by atoms with Crippen molar-refractivity contribution in [1.82, 2.24) is 24.8 Å². The summed E-state index contributed by atoms with van der Waals surface area (Å²) in [5.74, 6) is 1.62. The fraction of sp³-hybridized carbons (Fsp3) is 0.615. The zero-order valence-electron chi connectivity index (χ0n) is 12.1. The number of likely N-dealkylation sites (N-methyl/N-ethyl adjacent to an activating group) is 1. The van der Waals surface area contributed by atoms with Gasteiger partial charge in [0.25, 0.3) is 0 Å². The smallest absolute Gasteiger partial charge is 0.226 e. The van der Waals surface area contributed by atoms with Gasteiger partial charge >= 0.3 is 0 Å². The van der Waals surface area contributed by atoms with Gasteiger partial charge < -0.3 is 20.1 Å². The summed E-state index contributed by atoms with van der Waals surface area (Å²) in [5, 5.41) is 3.25. The van der Waals surface area contributed by atoms with Gasteiger partial charge in [0.2, 0.25) is 5.95 Å². The zero-order valence-corrected chi connectivity index (χ0v) is 12.1. The fourth-order valence-corrected chi connectivity index (χ4v) is 2.38. The molecule has 0 atom stereocenters. The first-order valence-corrected chi connectivity index (χ1v) is 7.16. The number of fused-ring (bicyclic) bond motifs is 1. The van der Waals surface area contributed by atoms with E-state index in [1.165, 1.54) is 0 Å². The lowest BCUT2D eigenvalue weighted by molar-refractivity contribution is 0.312. The predicted octanol–water partition coefficient (Wildman–Crippen LogP) is 0.927. The molecule has 0 saturated carbocycles. The molecule has 20 heavy (non-hydrogen) atoms. The highest BCUT2D eigenvalue weighted by Gasteiger charge is 2.20. The summed E-state index contributed by atoms with van der Waals surface area (Å²) in [6, 6.07) is 0. The van der Waals surface area contributed by atoms with Gasteiger partial charge in [-0.25, -0.2) is 4.98 Å². The highest BCUT2D eigenvalue weighted by Crippen LogP contribution is 2.23. The first-order chi connectivity index (χ1) is 9.78. The Morgan fingerprint density at radius 2 is 2.05 bits per heavy atom. The molecule has 0 unspecified atom stereocenters. The van der Waals surface area contributed by atoms with Crippen LogP contribution in [-0.4, -0.2) is 64.6 Å². The van der Waals surface area contributed by atoms with Gasteiger partial charge in [-0.1, -0.05) is 6.92 Å². The maximum Gasteiger partial charge on any atom is 0.226 e. The molecule has 3 rings (SSSR count). The number of anilines is 2. The number of nitrogens with one attached hydrogen (secondary N) is 2. The molecule has 108 valence electrons. The Hall–Kier alpha value is -1.89. The van der Waals surface area contributed by atoms with Gasteiger partial charge in [-0.3, -0.25) is 0 Å². The number of H-pyrrole nitrogens is 1. The van der Waals surface area contributed by atoms with Crippen LogP contribution in [0.5, 0.6) is 0 Å².